The number of carbonyl (C=O) groups is 1. The van der Waals surface area contributed by atoms with Crippen molar-refractivity contribution in [1.29, 1.82) is 0 Å². The average molecular weight is 429 g/mol. The molecule has 0 bridgehead atoms. The first kappa shape index (κ1) is 21.3. The second-order valence-corrected chi connectivity index (χ2v) is 9.36. The van der Waals surface area contributed by atoms with E-state index in [4.69, 9.17) is 9.26 Å². The van der Waals surface area contributed by atoms with E-state index in [9.17, 15) is 9.18 Å². The van der Waals surface area contributed by atoms with Crippen LogP contribution in [0, 0.1) is 11.7 Å². The molecule has 9 heteroatoms. The highest BCUT2D eigenvalue weighted by Crippen LogP contribution is 2.29. The summed E-state index contributed by atoms with van der Waals surface area (Å²) < 4.78 is 26.9. The summed E-state index contributed by atoms with van der Waals surface area (Å²) in [5, 5.41) is 9.33. The molecule has 0 unspecified atom stereocenters. The number of rotatable bonds is 4. The van der Waals surface area contributed by atoms with Crippen LogP contribution in [0.4, 0.5) is 9.18 Å². The summed E-state index contributed by atoms with van der Waals surface area (Å²) in [6.07, 6.45) is 1.06. The Morgan fingerprint density at radius 3 is 2.84 bits per heavy atom. The highest BCUT2D eigenvalue weighted by Gasteiger charge is 2.31. The van der Waals surface area contributed by atoms with Gasteiger partial charge in [-0.2, -0.15) is 14.8 Å². The first-order valence-corrected chi connectivity index (χ1v) is 10.6. The van der Waals surface area contributed by atoms with Crippen LogP contribution in [-0.2, 0) is 11.2 Å². The molecule has 2 aromatic heterocycles. The number of para-hydroxylation sites is 1. The summed E-state index contributed by atoms with van der Waals surface area (Å²) in [6.45, 7) is 10.8. The van der Waals surface area contributed by atoms with Gasteiger partial charge in [-0.3, -0.25) is 0 Å². The molecule has 166 valence electrons. The monoisotopic (exact) mass is 429 g/mol. The van der Waals surface area contributed by atoms with Crippen LogP contribution in [0.2, 0.25) is 0 Å². The van der Waals surface area contributed by atoms with E-state index in [1.165, 1.54) is 10.7 Å². The fraction of sp³-hybridized carbons (Fsp3) is 0.545. The van der Waals surface area contributed by atoms with Crippen molar-refractivity contribution in [3.8, 4) is 5.95 Å². The van der Waals surface area contributed by atoms with Gasteiger partial charge in [0.1, 0.15) is 16.9 Å². The molecule has 3 heterocycles. The Hall–Kier alpha value is -2.97. The smallest absolute Gasteiger partial charge is 0.410 e. The lowest BCUT2D eigenvalue weighted by atomic mass is 10.1. The molecule has 1 aromatic carbocycles. The third kappa shape index (κ3) is 4.40. The molecule has 1 atom stereocenters. The number of nitrogens with zero attached hydrogens (tertiary/aromatic N) is 5. The van der Waals surface area contributed by atoms with Crippen LogP contribution in [0.25, 0.3) is 16.9 Å². The molecule has 1 saturated heterocycles. The fourth-order valence-corrected chi connectivity index (χ4v) is 3.87. The highest BCUT2D eigenvalue weighted by molar-refractivity contribution is 5.84. The van der Waals surface area contributed by atoms with Crippen molar-refractivity contribution in [3.05, 3.63) is 35.6 Å². The van der Waals surface area contributed by atoms with Crippen molar-refractivity contribution in [2.24, 2.45) is 5.92 Å². The van der Waals surface area contributed by atoms with E-state index in [2.05, 4.69) is 15.2 Å². The maximum atomic E-state index is 14.6. The predicted molar refractivity (Wildman–Crippen MR) is 113 cm³/mol. The van der Waals surface area contributed by atoms with Crippen LogP contribution < -0.4 is 0 Å². The lowest BCUT2D eigenvalue weighted by Crippen LogP contribution is -2.35. The number of aromatic nitrogens is 4. The topological polar surface area (TPSA) is 86.3 Å². The number of fused-ring (bicyclic) bond motifs is 1. The normalized spacial score (nSPS) is 17.1. The molecule has 0 aliphatic carbocycles. The van der Waals surface area contributed by atoms with Gasteiger partial charge >= 0.3 is 6.09 Å². The number of ether oxygens (including phenoxy) is 1. The number of carbonyl (C=O) groups excluding carboxylic acids is 1. The molecule has 4 rings (SSSR count). The van der Waals surface area contributed by atoms with E-state index in [0.29, 0.717) is 30.9 Å². The Labute approximate surface area is 180 Å². The highest BCUT2D eigenvalue weighted by atomic mass is 19.1. The minimum atomic E-state index is -0.521. The van der Waals surface area contributed by atoms with Gasteiger partial charge in [-0.1, -0.05) is 26.0 Å². The van der Waals surface area contributed by atoms with Gasteiger partial charge in [0.25, 0.3) is 5.95 Å². The van der Waals surface area contributed by atoms with Crippen LogP contribution in [0.3, 0.4) is 0 Å². The molecule has 1 aliphatic rings. The summed E-state index contributed by atoms with van der Waals surface area (Å²) in [6, 6.07) is 4.92. The zero-order valence-electron chi connectivity index (χ0n) is 18.6. The maximum absolute atomic E-state index is 14.6. The summed E-state index contributed by atoms with van der Waals surface area (Å²) in [5.74, 6) is 0.579. The zero-order chi connectivity index (χ0) is 22.3. The minimum absolute atomic E-state index is 0.120. The van der Waals surface area contributed by atoms with Crippen LogP contribution >= 0.6 is 0 Å². The Bertz CT molecular complexity index is 1100. The van der Waals surface area contributed by atoms with Crippen LogP contribution in [0.15, 0.2) is 22.7 Å². The van der Waals surface area contributed by atoms with E-state index >= 15 is 0 Å². The Kier molecular flexibility index (Phi) is 5.45. The van der Waals surface area contributed by atoms with E-state index in [0.717, 1.165) is 17.5 Å². The third-order valence-corrected chi connectivity index (χ3v) is 5.28. The van der Waals surface area contributed by atoms with Gasteiger partial charge in [0.15, 0.2) is 0 Å². The van der Waals surface area contributed by atoms with Gasteiger partial charge in [0.2, 0.25) is 5.89 Å². The fourth-order valence-electron chi connectivity index (χ4n) is 3.87. The van der Waals surface area contributed by atoms with Crippen molar-refractivity contribution in [1.82, 2.24) is 24.8 Å². The number of likely N-dealkylation sites (tertiary alicyclic amines) is 1. The van der Waals surface area contributed by atoms with E-state index < -0.39 is 5.60 Å². The molecule has 0 spiro atoms. The molecule has 0 N–H and O–H groups in total. The SMILES string of the molecule is CC(C)c1nn(-c2noc(C[C@H]3CCN(C(=O)OC(C)(C)C)C3)n2)c2c(F)cccc12. The van der Waals surface area contributed by atoms with Gasteiger partial charge < -0.3 is 14.2 Å². The lowest BCUT2D eigenvalue weighted by Gasteiger charge is -2.24. The second-order valence-electron chi connectivity index (χ2n) is 9.36. The molecule has 8 nitrogen and oxygen atoms in total. The Balaban J connectivity index is 1.51. The predicted octanol–water partition coefficient (Wildman–Crippen LogP) is 4.47. The lowest BCUT2D eigenvalue weighted by molar-refractivity contribution is 0.0287. The van der Waals surface area contributed by atoms with Crippen molar-refractivity contribution >= 4 is 17.0 Å². The first-order valence-electron chi connectivity index (χ1n) is 10.6. The summed E-state index contributed by atoms with van der Waals surface area (Å²) >= 11 is 0. The number of hydrogen-bond acceptors (Lipinski definition) is 6. The van der Waals surface area contributed by atoms with Crippen molar-refractivity contribution in [2.45, 2.75) is 59.0 Å². The Morgan fingerprint density at radius 1 is 1.35 bits per heavy atom. The van der Waals surface area contributed by atoms with Gasteiger partial charge in [0.05, 0.1) is 5.69 Å². The summed E-state index contributed by atoms with van der Waals surface area (Å²) in [7, 11) is 0. The van der Waals surface area contributed by atoms with E-state index in [1.807, 2.05) is 40.7 Å². The Morgan fingerprint density at radius 2 is 2.13 bits per heavy atom. The van der Waals surface area contributed by atoms with Gasteiger partial charge in [0, 0.05) is 24.9 Å². The number of benzene rings is 1. The van der Waals surface area contributed by atoms with E-state index in [-0.39, 0.29) is 29.7 Å². The third-order valence-electron chi connectivity index (χ3n) is 5.28. The van der Waals surface area contributed by atoms with Gasteiger partial charge in [-0.25, -0.2) is 9.18 Å². The second kappa shape index (κ2) is 7.94. The van der Waals surface area contributed by atoms with Gasteiger partial charge in [-0.15, -0.1) is 0 Å². The van der Waals surface area contributed by atoms with Crippen molar-refractivity contribution in [3.63, 3.8) is 0 Å². The molecule has 0 saturated carbocycles. The molecule has 1 fully saturated rings. The zero-order valence-corrected chi connectivity index (χ0v) is 18.6. The quantitative estimate of drug-likeness (QED) is 0.608. The molecule has 31 heavy (non-hydrogen) atoms. The molecule has 1 amide bonds. The number of halogens is 1. The molecule has 0 radical (unpaired) electrons. The minimum Gasteiger partial charge on any atom is -0.444 e. The molecular formula is C22H28FN5O3. The average Bonchev–Trinajstić information content (AvgIpc) is 3.39. The largest absolute Gasteiger partial charge is 0.444 e. The van der Waals surface area contributed by atoms with Crippen molar-refractivity contribution < 1.29 is 18.4 Å². The first-order chi connectivity index (χ1) is 14.6. The van der Waals surface area contributed by atoms with Crippen LogP contribution in [0.5, 0.6) is 0 Å². The summed E-state index contributed by atoms with van der Waals surface area (Å²) in [4.78, 5) is 18.4. The summed E-state index contributed by atoms with van der Waals surface area (Å²) in [5.41, 5.74) is 0.605. The number of amides is 1. The molecule has 1 aliphatic heterocycles. The maximum Gasteiger partial charge on any atom is 0.410 e. The molecule has 3 aromatic rings. The van der Waals surface area contributed by atoms with Crippen LogP contribution in [-0.4, -0.2) is 49.6 Å². The van der Waals surface area contributed by atoms with E-state index in [1.54, 1.807) is 11.0 Å². The van der Waals surface area contributed by atoms with Gasteiger partial charge in [-0.05, 0) is 50.3 Å². The van der Waals surface area contributed by atoms with Crippen molar-refractivity contribution in [2.75, 3.05) is 13.1 Å². The molecular weight excluding hydrogens is 401 g/mol. The number of hydrogen-bond donors (Lipinski definition) is 0. The van der Waals surface area contributed by atoms with Crippen LogP contribution in [0.1, 0.15) is 58.5 Å². The standard InChI is InChI=1S/C22H28FN5O3/c1-13(2)18-15-7-6-8-16(23)19(15)28(25-18)20-24-17(31-26-20)11-14-9-10-27(12-14)21(29)30-22(3,4)5/h6-8,13-14H,9-12H2,1-5H3/t14-/m1/s1.